The number of anilines is 1. The van der Waals surface area contributed by atoms with Crippen molar-refractivity contribution in [3.63, 3.8) is 0 Å². The third-order valence-corrected chi connectivity index (χ3v) is 4.86. The maximum Gasteiger partial charge on any atom is 0.191 e. The average Bonchev–Trinajstić information content (AvgIpc) is 3.11. The van der Waals surface area contributed by atoms with Gasteiger partial charge in [-0.1, -0.05) is 50.2 Å². The first-order chi connectivity index (χ1) is 13.5. The Labute approximate surface area is 172 Å². The molecule has 0 aliphatic heterocycles. The van der Waals surface area contributed by atoms with Crippen molar-refractivity contribution in [2.45, 2.75) is 33.2 Å². The molecule has 0 bridgehead atoms. The molecule has 0 fully saturated rings. The molecule has 3 rings (SSSR count). The molecular weight excluding hydrogens is 364 g/mol. The zero-order chi connectivity index (χ0) is 19.9. The van der Waals surface area contributed by atoms with Gasteiger partial charge in [0.05, 0.1) is 11.9 Å². The van der Waals surface area contributed by atoms with Gasteiger partial charge in [0, 0.05) is 18.4 Å². The Hall–Kier alpha value is -2.92. The Bertz CT molecular complexity index is 955. The SMILES string of the molecule is Cc1ccccc1Cn1cccc1C=NNC(=S)Nc1ccc(C(C)C)cc1. The maximum atomic E-state index is 5.33. The Kier molecular flexibility index (Phi) is 6.61. The number of hydrazone groups is 1. The van der Waals surface area contributed by atoms with Crippen molar-refractivity contribution in [3.8, 4) is 0 Å². The summed E-state index contributed by atoms with van der Waals surface area (Å²) in [5.74, 6) is 0.514. The van der Waals surface area contributed by atoms with Crippen molar-refractivity contribution < 1.29 is 0 Å². The molecule has 28 heavy (non-hydrogen) atoms. The van der Waals surface area contributed by atoms with E-state index in [1.54, 1.807) is 6.21 Å². The second-order valence-electron chi connectivity index (χ2n) is 7.09. The third kappa shape index (κ3) is 5.30. The molecule has 144 valence electrons. The quantitative estimate of drug-likeness (QED) is 0.341. The number of nitrogens with zero attached hydrogens (tertiary/aromatic N) is 2. The molecule has 0 spiro atoms. The minimum Gasteiger partial charge on any atom is -0.342 e. The molecular formula is C23H26N4S. The van der Waals surface area contributed by atoms with Gasteiger partial charge in [0.1, 0.15) is 0 Å². The van der Waals surface area contributed by atoms with Gasteiger partial charge in [-0.2, -0.15) is 5.10 Å². The lowest BCUT2D eigenvalue weighted by atomic mass is 10.0. The summed E-state index contributed by atoms with van der Waals surface area (Å²) < 4.78 is 2.16. The summed E-state index contributed by atoms with van der Waals surface area (Å²) in [4.78, 5) is 0. The fourth-order valence-electron chi connectivity index (χ4n) is 2.93. The predicted molar refractivity (Wildman–Crippen MR) is 122 cm³/mol. The Balaban J connectivity index is 1.57. The largest absolute Gasteiger partial charge is 0.342 e. The molecule has 0 radical (unpaired) electrons. The number of aryl methyl sites for hydroxylation is 1. The molecule has 2 aromatic carbocycles. The highest BCUT2D eigenvalue weighted by Gasteiger charge is 2.03. The second kappa shape index (κ2) is 9.33. The Morgan fingerprint density at radius 3 is 2.54 bits per heavy atom. The van der Waals surface area contributed by atoms with Gasteiger partial charge in [-0.25, -0.2) is 0 Å². The van der Waals surface area contributed by atoms with Crippen molar-refractivity contribution in [1.29, 1.82) is 0 Å². The number of nitrogens with one attached hydrogen (secondary N) is 2. The first-order valence-electron chi connectivity index (χ1n) is 9.42. The summed E-state index contributed by atoms with van der Waals surface area (Å²) in [6.07, 6.45) is 3.84. The smallest absolute Gasteiger partial charge is 0.191 e. The second-order valence-corrected chi connectivity index (χ2v) is 7.50. The van der Waals surface area contributed by atoms with Crippen LogP contribution < -0.4 is 10.7 Å². The van der Waals surface area contributed by atoms with Crippen molar-refractivity contribution >= 4 is 29.2 Å². The van der Waals surface area contributed by atoms with Crippen LogP contribution in [-0.4, -0.2) is 15.9 Å². The molecule has 0 amide bonds. The number of rotatable bonds is 6. The van der Waals surface area contributed by atoms with Crippen molar-refractivity contribution in [2.24, 2.45) is 5.10 Å². The van der Waals surface area contributed by atoms with Crippen molar-refractivity contribution in [1.82, 2.24) is 9.99 Å². The van der Waals surface area contributed by atoms with E-state index in [0.29, 0.717) is 11.0 Å². The van der Waals surface area contributed by atoms with E-state index in [1.807, 2.05) is 24.3 Å². The van der Waals surface area contributed by atoms with Crippen LogP contribution in [0.4, 0.5) is 5.69 Å². The van der Waals surface area contributed by atoms with Gasteiger partial charge >= 0.3 is 0 Å². The van der Waals surface area contributed by atoms with Crippen LogP contribution in [-0.2, 0) is 6.54 Å². The molecule has 0 aliphatic rings. The van der Waals surface area contributed by atoms with Gasteiger partial charge < -0.3 is 9.88 Å². The Morgan fingerprint density at radius 1 is 1.07 bits per heavy atom. The van der Waals surface area contributed by atoms with Gasteiger partial charge in [-0.15, -0.1) is 0 Å². The van der Waals surface area contributed by atoms with Gasteiger partial charge in [-0.05, 0) is 66.0 Å². The van der Waals surface area contributed by atoms with Crippen LogP contribution >= 0.6 is 12.2 Å². The summed E-state index contributed by atoms with van der Waals surface area (Å²) in [5, 5.41) is 7.89. The lowest BCUT2D eigenvalue weighted by molar-refractivity contribution is 0.793. The molecule has 4 nitrogen and oxygen atoms in total. The van der Waals surface area contributed by atoms with Crippen LogP contribution in [0.2, 0.25) is 0 Å². The van der Waals surface area contributed by atoms with Gasteiger partial charge in [0.15, 0.2) is 5.11 Å². The number of hydrogen-bond donors (Lipinski definition) is 2. The van der Waals surface area contributed by atoms with E-state index in [0.717, 1.165) is 17.9 Å². The minimum atomic E-state index is 0.463. The molecule has 2 N–H and O–H groups in total. The van der Waals surface area contributed by atoms with Crippen LogP contribution in [0.15, 0.2) is 72.0 Å². The summed E-state index contributed by atoms with van der Waals surface area (Å²) in [5.41, 5.74) is 8.72. The van der Waals surface area contributed by atoms with Crippen LogP contribution in [0.3, 0.4) is 0 Å². The molecule has 0 aliphatic carbocycles. The number of thiocarbonyl (C=S) groups is 1. The lowest BCUT2D eigenvalue weighted by Crippen LogP contribution is -2.24. The monoisotopic (exact) mass is 390 g/mol. The standard InChI is InChI=1S/C23H26N4S/c1-17(2)19-10-12-21(13-11-19)25-23(28)26-24-15-22-9-6-14-27(22)16-20-8-5-4-7-18(20)3/h4-15,17H,16H2,1-3H3,(H2,25,26,28). The van der Waals surface area contributed by atoms with Crippen molar-refractivity contribution in [2.75, 3.05) is 5.32 Å². The highest BCUT2D eigenvalue weighted by Crippen LogP contribution is 2.17. The van der Waals surface area contributed by atoms with E-state index >= 15 is 0 Å². The molecule has 1 aromatic heterocycles. The first kappa shape index (κ1) is 19.8. The summed E-state index contributed by atoms with van der Waals surface area (Å²) in [6.45, 7) is 7.30. The average molecular weight is 391 g/mol. The maximum absolute atomic E-state index is 5.33. The number of hydrogen-bond acceptors (Lipinski definition) is 2. The van der Waals surface area contributed by atoms with Gasteiger partial charge in [0.2, 0.25) is 0 Å². The van der Waals surface area contributed by atoms with Crippen LogP contribution in [0, 0.1) is 6.92 Å². The fraction of sp³-hybridized carbons (Fsp3) is 0.217. The lowest BCUT2D eigenvalue weighted by Gasteiger charge is -2.10. The molecule has 0 saturated heterocycles. The van der Waals surface area contributed by atoms with E-state index in [2.05, 4.69) is 83.8 Å². The molecule has 5 heteroatoms. The minimum absolute atomic E-state index is 0.463. The van der Waals surface area contributed by atoms with E-state index in [-0.39, 0.29) is 0 Å². The molecule has 0 unspecified atom stereocenters. The molecule has 3 aromatic rings. The predicted octanol–water partition coefficient (Wildman–Crippen LogP) is 5.29. The molecule has 1 heterocycles. The van der Waals surface area contributed by atoms with Crippen LogP contribution in [0.1, 0.15) is 42.1 Å². The van der Waals surface area contributed by atoms with E-state index in [4.69, 9.17) is 12.2 Å². The van der Waals surface area contributed by atoms with E-state index < -0.39 is 0 Å². The highest BCUT2D eigenvalue weighted by molar-refractivity contribution is 7.80. The fourth-order valence-corrected chi connectivity index (χ4v) is 3.10. The van der Waals surface area contributed by atoms with E-state index in [9.17, 15) is 0 Å². The van der Waals surface area contributed by atoms with E-state index in [1.165, 1.54) is 16.7 Å². The first-order valence-corrected chi connectivity index (χ1v) is 9.83. The van der Waals surface area contributed by atoms with Gasteiger partial charge in [0.25, 0.3) is 0 Å². The summed E-state index contributed by atoms with van der Waals surface area (Å²) >= 11 is 5.33. The zero-order valence-electron chi connectivity index (χ0n) is 16.5. The Morgan fingerprint density at radius 2 is 1.82 bits per heavy atom. The number of benzene rings is 2. The molecule has 0 atom stereocenters. The third-order valence-electron chi connectivity index (χ3n) is 4.66. The summed E-state index contributed by atoms with van der Waals surface area (Å²) in [7, 11) is 0. The zero-order valence-corrected chi connectivity index (χ0v) is 17.3. The van der Waals surface area contributed by atoms with Crippen molar-refractivity contribution in [3.05, 3.63) is 89.2 Å². The number of aromatic nitrogens is 1. The van der Waals surface area contributed by atoms with Gasteiger partial charge in [-0.3, -0.25) is 5.43 Å². The topological polar surface area (TPSA) is 41.4 Å². The normalized spacial score (nSPS) is 11.1. The van der Waals surface area contributed by atoms with Crippen LogP contribution in [0.25, 0.3) is 0 Å². The summed E-state index contributed by atoms with van der Waals surface area (Å²) in [6, 6.07) is 20.7. The molecule has 0 saturated carbocycles. The van der Waals surface area contributed by atoms with Crippen LogP contribution in [0.5, 0.6) is 0 Å². The highest BCUT2D eigenvalue weighted by atomic mass is 32.1.